The molecule has 3 aromatic carbocycles. The van der Waals surface area contributed by atoms with Gasteiger partial charge in [0.05, 0.1) is 17.1 Å². The number of rotatable bonds is 2. The molecule has 126 valence electrons. The highest BCUT2D eigenvalue weighted by Crippen LogP contribution is 2.41. The Hall–Kier alpha value is -3.33. The van der Waals surface area contributed by atoms with Crippen molar-refractivity contribution in [2.75, 3.05) is 5.32 Å². The van der Waals surface area contributed by atoms with E-state index in [1.54, 1.807) is 0 Å². The van der Waals surface area contributed by atoms with Crippen LogP contribution in [0.1, 0.15) is 11.1 Å². The van der Waals surface area contributed by atoms with E-state index in [4.69, 9.17) is 5.10 Å². The molecule has 0 fully saturated rings. The van der Waals surface area contributed by atoms with E-state index < -0.39 is 0 Å². The van der Waals surface area contributed by atoms with Crippen LogP contribution in [0.2, 0.25) is 0 Å². The summed E-state index contributed by atoms with van der Waals surface area (Å²) in [5.41, 5.74) is 9.32. The maximum absolute atomic E-state index is 5.04. The van der Waals surface area contributed by atoms with Gasteiger partial charge in [0.15, 0.2) is 0 Å². The monoisotopic (exact) mass is 337 g/mol. The third-order valence-corrected chi connectivity index (χ3v) is 4.95. The van der Waals surface area contributed by atoms with Crippen LogP contribution < -0.4 is 5.32 Å². The highest BCUT2D eigenvalue weighted by molar-refractivity contribution is 5.86. The number of nitrogens with zero attached hydrogens (tertiary/aromatic N) is 2. The maximum Gasteiger partial charge on any atom is 0.0984 e. The van der Waals surface area contributed by atoms with Gasteiger partial charge < -0.3 is 5.32 Å². The largest absolute Gasteiger partial charge is 0.380 e. The lowest BCUT2D eigenvalue weighted by atomic mass is 9.97. The quantitative estimate of drug-likeness (QED) is 0.528. The summed E-state index contributed by atoms with van der Waals surface area (Å²) in [5, 5.41) is 8.59. The molecule has 0 unspecified atom stereocenters. The summed E-state index contributed by atoms with van der Waals surface area (Å²) in [7, 11) is 0. The molecule has 2 heterocycles. The Bertz CT molecular complexity index is 1080. The molecule has 0 saturated heterocycles. The Morgan fingerprint density at radius 1 is 0.846 bits per heavy atom. The molecular formula is C23H19N3. The SMILES string of the molecule is Cc1ccc(-n2nc(-c3ccccc3)c3c2-c2ccccc2NC3)cc1. The molecule has 0 spiro atoms. The van der Waals surface area contributed by atoms with E-state index >= 15 is 0 Å². The molecule has 26 heavy (non-hydrogen) atoms. The number of anilines is 1. The molecule has 3 nitrogen and oxygen atoms in total. The predicted molar refractivity (Wildman–Crippen MR) is 106 cm³/mol. The number of hydrogen-bond acceptors (Lipinski definition) is 2. The van der Waals surface area contributed by atoms with Gasteiger partial charge in [-0.3, -0.25) is 0 Å². The normalized spacial score (nSPS) is 12.2. The van der Waals surface area contributed by atoms with E-state index in [1.165, 1.54) is 22.4 Å². The van der Waals surface area contributed by atoms with Gasteiger partial charge in [-0.25, -0.2) is 4.68 Å². The molecule has 0 aliphatic carbocycles. The van der Waals surface area contributed by atoms with E-state index in [2.05, 4.69) is 89.7 Å². The molecule has 1 aliphatic heterocycles. The zero-order chi connectivity index (χ0) is 17.5. The first-order valence-corrected chi connectivity index (χ1v) is 8.89. The first-order chi connectivity index (χ1) is 12.8. The molecule has 0 amide bonds. The molecule has 3 heteroatoms. The van der Waals surface area contributed by atoms with E-state index in [9.17, 15) is 0 Å². The average Bonchev–Trinajstić information content (AvgIpc) is 3.09. The first kappa shape index (κ1) is 15.0. The van der Waals surface area contributed by atoms with Gasteiger partial charge in [-0.05, 0) is 25.1 Å². The van der Waals surface area contributed by atoms with Gasteiger partial charge in [-0.15, -0.1) is 0 Å². The van der Waals surface area contributed by atoms with Crippen molar-refractivity contribution in [3.63, 3.8) is 0 Å². The highest BCUT2D eigenvalue weighted by Gasteiger charge is 2.26. The molecule has 0 radical (unpaired) electrons. The number of aryl methyl sites for hydroxylation is 1. The van der Waals surface area contributed by atoms with Crippen LogP contribution in [0.5, 0.6) is 0 Å². The number of benzene rings is 3. The molecule has 5 rings (SSSR count). The molecule has 4 aromatic rings. The highest BCUT2D eigenvalue weighted by atomic mass is 15.3. The fourth-order valence-electron chi connectivity index (χ4n) is 3.62. The lowest BCUT2D eigenvalue weighted by molar-refractivity contribution is 0.889. The number of nitrogens with one attached hydrogen (secondary N) is 1. The molecule has 1 aliphatic rings. The Morgan fingerprint density at radius 3 is 2.38 bits per heavy atom. The van der Waals surface area contributed by atoms with E-state index in [-0.39, 0.29) is 0 Å². The maximum atomic E-state index is 5.04. The molecule has 1 aromatic heterocycles. The minimum Gasteiger partial charge on any atom is -0.380 e. The summed E-state index contributed by atoms with van der Waals surface area (Å²) < 4.78 is 2.09. The third kappa shape index (κ3) is 2.32. The summed E-state index contributed by atoms with van der Waals surface area (Å²) in [5.74, 6) is 0. The van der Waals surface area contributed by atoms with Crippen molar-refractivity contribution in [2.24, 2.45) is 0 Å². The second-order valence-corrected chi connectivity index (χ2v) is 6.69. The van der Waals surface area contributed by atoms with Crippen molar-refractivity contribution in [1.82, 2.24) is 9.78 Å². The topological polar surface area (TPSA) is 29.9 Å². The van der Waals surface area contributed by atoms with Crippen LogP contribution in [0.4, 0.5) is 5.69 Å². The van der Waals surface area contributed by atoms with Gasteiger partial charge in [0.1, 0.15) is 0 Å². The lowest BCUT2D eigenvalue weighted by Gasteiger charge is -2.20. The van der Waals surface area contributed by atoms with Crippen molar-refractivity contribution in [1.29, 1.82) is 0 Å². The standard InChI is InChI=1S/C23H19N3/c1-16-11-13-18(14-12-16)26-23-19-9-5-6-10-21(19)24-15-20(23)22(25-26)17-7-3-2-4-8-17/h2-14,24H,15H2,1H3. The molecule has 1 N–H and O–H groups in total. The number of fused-ring (bicyclic) bond motifs is 3. The second-order valence-electron chi connectivity index (χ2n) is 6.69. The summed E-state index contributed by atoms with van der Waals surface area (Å²) >= 11 is 0. The average molecular weight is 337 g/mol. The van der Waals surface area contributed by atoms with E-state index in [0.29, 0.717) is 0 Å². The van der Waals surface area contributed by atoms with Gasteiger partial charge >= 0.3 is 0 Å². The first-order valence-electron chi connectivity index (χ1n) is 8.89. The number of para-hydroxylation sites is 1. The summed E-state index contributed by atoms with van der Waals surface area (Å²) in [6.07, 6.45) is 0. The molecular weight excluding hydrogens is 318 g/mol. The van der Waals surface area contributed by atoms with Crippen LogP contribution in [0.15, 0.2) is 78.9 Å². The summed E-state index contributed by atoms with van der Waals surface area (Å²) in [6, 6.07) is 27.4. The minimum absolute atomic E-state index is 0.780. The van der Waals surface area contributed by atoms with Crippen LogP contribution in [-0.2, 0) is 6.54 Å². The van der Waals surface area contributed by atoms with E-state index in [1.807, 2.05) is 6.07 Å². The van der Waals surface area contributed by atoms with Gasteiger partial charge in [0.25, 0.3) is 0 Å². The van der Waals surface area contributed by atoms with Crippen molar-refractivity contribution >= 4 is 5.69 Å². The van der Waals surface area contributed by atoms with Gasteiger partial charge in [-0.2, -0.15) is 5.10 Å². The van der Waals surface area contributed by atoms with Crippen LogP contribution in [0.3, 0.4) is 0 Å². The van der Waals surface area contributed by atoms with Crippen molar-refractivity contribution in [3.8, 4) is 28.2 Å². The summed E-state index contributed by atoms with van der Waals surface area (Å²) in [6.45, 7) is 2.89. The van der Waals surface area contributed by atoms with Crippen molar-refractivity contribution in [3.05, 3.63) is 90.0 Å². The zero-order valence-corrected chi connectivity index (χ0v) is 14.6. The van der Waals surface area contributed by atoms with Gasteiger partial charge in [0.2, 0.25) is 0 Å². The van der Waals surface area contributed by atoms with Gasteiger partial charge in [-0.1, -0.05) is 66.2 Å². The number of hydrogen-bond donors (Lipinski definition) is 1. The zero-order valence-electron chi connectivity index (χ0n) is 14.6. The Morgan fingerprint density at radius 2 is 1.58 bits per heavy atom. The smallest absolute Gasteiger partial charge is 0.0984 e. The predicted octanol–water partition coefficient (Wildman–Crippen LogP) is 5.44. The van der Waals surface area contributed by atoms with E-state index in [0.717, 1.165) is 29.2 Å². The molecule has 0 atom stereocenters. The van der Waals surface area contributed by atoms with Crippen LogP contribution >= 0.6 is 0 Å². The van der Waals surface area contributed by atoms with Crippen LogP contribution in [0.25, 0.3) is 28.2 Å². The fourth-order valence-corrected chi connectivity index (χ4v) is 3.62. The molecule has 0 saturated carbocycles. The van der Waals surface area contributed by atoms with Crippen LogP contribution in [0, 0.1) is 6.92 Å². The number of aromatic nitrogens is 2. The Kier molecular flexibility index (Phi) is 3.39. The second kappa shape index (κ2) is 5.88. The van der Waals surface area contributed by atoms with Crippen molar-refractivity contribution < 1.29 is 0 Å². The molecule has 0 bridgehead atoms. The summed E-state index contributed by atoms with van der Waals surface area (Å²) in [4.78, 5) is 0. The fraction of sp³-hybridized carbons (Fsp3) is 0.0870. The third-order valence-electron chi connectivity index (χ3n) is 4.95. The van der Waals surface area contributed by atoms with Gasteiger partial charge in [0, 0.05) is 28.9 Å². The Labute approximate surface area is 152 Å². The van der Waals surface area contributed by atoms with Crippen molar-refractivity contribution in [2.45, 2.75) is 13.5 Å². The van der Waals surface area contributed by atoms with Crippen LogP contribution in [-0.4, -0.2) is 9.78 Å². The Balaban J connectivity index is 1.80. The minimum atomic E-state index is 0.780. The lowest BCUT2D eigenvalue weighted by Crippen LogP contribution is -2.10.